The van der Waals surface area contributed by atoms with Crippen LogP contribution < -0.4 is 0 Å². The molecule has 1 aromatic heterocycles. The van der Waals surface area contributed by atoms with Crippen molar-refractivity contribution in [2.24, 2.45) is 11.3 Å². The number of fused-ring (bicyclic) bond motifs is 1. The second-order valence-corrected chi connectivity index (χ2v) is 7.28. The van der Waals surface area contributed by atoms with Gasteiger partial charge in [0.2, 0.25) is 0 Å². The van der Waals surface area contributed by atoms with Crippen molar-refractivity contribution in [3.8, 4) is 0 Å². The number of carboxylic acid groups (broad SMARTS) is 1. The van der Waals surface area contributed by atoms with E-state index in [1.165, 1.54) is 16.3 Å². The average molecular weight is 310 g/mol. The normalized spacial score (nSPS) is 21.4. The summed E-state index contributed by atoms with van der Waals surface area (Å²) in [4.78, 5) is 17.7. The molecule has 0 atom stereocenters. The smallest absolute Gasteiger partial charge is 0.306 e. The summed E-state index contributed by atoms with van der Waals surface area (Å²) < 4.78 is 0. The minimum atomic E-state index is -0.608. The summed E-state index contributed by atoms with van der Waals surface area (Å²) in [6, 6.07) is 8.65. The lowest BCUT2D eigenvalue weighted by molar-refractivity contribution is -0.152. The number of likely N-dealkylation sites (tertiary alicyclic amines) is 1. The van der Waals surface area contributed by atoms with Gasteiger partial charge in [-0.1, -0.05) is 12.1 Å². The lowest BCUT2D eigenvalue weighted by Crippen LogP contribution is -2.48. The summed E-state index contributed by atoms with van der Waals surface area (Å²) in [5.41, 5.74) is 1.66. The van der Waals surface area contributed by atoms with Crippen molar-refractivity contribution in [1.82, 2.24) is 9.88 Å². The van der Waals surface area contributed by atoms with Crippen LogP contribution in [0.2, 0.25) is 0 Å². The molecule has 0 amide bonds. The molecule has 1 aliphatic heterocycles. The summed E-state index contributed by atoms with van der Waals surface area (Å²) in [7, 11) is 0. The monoisotopic (exact) mass is 310 g/mol. The maximum Gasteiger partial charge on any atom is 0.306 e. The standard InChI is InChI=1S/C19H22N2O2/c22-18(23)17-10-19(11-17)4-7-21(8-5-19)13-14-1-2-15-3-6-20-12-16(15)9-14/h1-3,6,9,12,17H,4-5,7-8,10-11,13H2,(H,22,23). The van der Waals surface area contributed by atoms with Crippen LogP contribution in [-0.4, -0.2) is 34.0 Å². The molecule has 0 radical (unpaired) electrons. The summed E-state index contributed by atoms with van der Waals surface area (Å²) in [6.45, 7) is 3.14. The summed E-state index contributed by atoms with van der Waals surface area (Å²) in [5.74, 6) is -0.697. The second-order valence-electron chi connectivity index (χ2n) is 7.28. The Balaban J connectivity index is 1.36. The van der Waals surface area contributed by atoms with E-state index in [4.69, 9.17) is 5.11 Å². The topological polar surface area (TPSA) is 53.4 Å². The van der Waals surface area contributed by atoms with Gasteiger partial charge in [-0.15, -0.1) is 0 Å². The van der Waals surface area contributed by atoms with Gasteiger partial charge in [0.25, 0.3) is 0 Å². The molecule has 1 spiro atoms. The molecule has 4 nitrogen and oxygen atoms in total. The Labute approximate surface area is 136 Å². The minimum Gasteiger partial charge on any atom is -0.481 e. The molecule has 1 aliphatic carbocycles. The Hall–Kier alpha value is -1.94. The number of nitrogens with zero attached hydrogens (tertiary/aromatic N) is 2. The molecule has 0 unspecified atom stereocenters. The highest BCUT2D eigenvalue weighted by Gasteiger charge is 2.48. The fraction of sp³-hybridized carbons (Fsp3) is 0.474. The van der Waals surface area contributed by atoms with Crippen LogP contribution >= 0.6 is 0 Å². The number of carbonyl (C=O) groups is 1. The van der Waals surface area contributed by atoms with Crippen molar-refractivity contribution >= 4 is 16.7 Å². The van der Waals surface area contributed by atoms with Crippen molar-refractivity contribution < 1.29 is 9.90 Å². The van der Waals surface area contributed by atoms with E-state index in [0.29, 0.717) is 5.41 Å². The van der Waals surface area contributed by atoms with E-state index >= 15 is 0 Å². The first-order chi connectivity index (χ1) is 11.1. The Morgan fingerprint density at radius 3 is 2.74 bits per heavy atom. The first-order valence-electron chi connectivity index (χ1n) is 8.41. The van der Waals surface area contributed by atoms with Crippen molar-refractivity contribution in [3.63, 3.8) is 0 Å². The van der Waals surface area contributed by atoms with Crippen LogP contribution in [-0.2, 0) is 11.3 Å². The Kier molecular flexibility index (Phi) is 3.57. The minimum absolute atomic E-state index is 0.0884. The lowest BCUT2D eigenvalue weighted by Gasteiger charge is -2.51. The van der Waals surface area contributed by atoms with Crippen LogP contribution in [0, 0.1) is 11.3 Å². The molecule has 1 aromatic carbocycles. The molecule has 4 rings (SSSR count). The third kappa shape index (κ3) is 2.83. The molecule has 1 N–H and O–H groups in total. The molecular weight excluding hydrogens is 288 g/mol. The first-order valence-corrected chi connectivity index (χ1v) is 8.41. The van der Waals surface area contributed by atoms with E-state index in [9.17, 15) is 4.79 Å². The van der Waals surface area contributed by atoms with Crippen LogP contribution in [0.3, 0.4) is 0 Å². The first kappa shape index (κ1) is 14.6. The van der Waals surface area contributed by atoms with Gasteiger partial charge in [-0.3, -0.25) is 14.7 Å². The van der Waals surface area contributed by atoms with Gasteiger partial charge in [-0.2, -0.15) is 0 Å². The number of piperidine rings is 1. The van der Waals surface area contributed by atoms with Gasteiger partial charge in [0.1, 0.15) is 0 Å². The fourth-order valence-corrected chi connectivity index (χ4v) is 4.24. The average Bonchev–Trinajstić information content (AvgIpc) is 2.53. The van der Waals surface area contributed by atoms with Gasteiger partial charge in [-0.25, -0.2) is 0 Å². The van der Waals surface area contributed by atoms with Gasteiger partial charge in [0.15, 0.2) is 0 Å². The molecule has 2 aliphatic rings. The number of aromatic nitrogens is 1. The maximum atomic E-state index is 11.0. The molecule has 0 bridgehead atoms. The number of rotatable bonds is 3. The Morgan fingerprint density at radius 2 is 2.00 bits per heavy atom. The Morgan fingerprint density at radius 1 is 1.22 bits per heavy atom. The van der Waals surface area contributed by atoms with Gasteiger partial charge < -0.3 is 5.11 Å². The van der Waals surface area contributed by atoms with Crippen LogP contribution in [0.15, 0.2) is 36.7 Å². The molecule has 4 heteroatoms. The van der Waals surface area contributed by atoms with Gasteiger partial charge in [-0.05, 0) is 67.3 Å². The van der Waals surface area contributed by atoms with Crippen molar-refractivity contribution in [2.75, 3.05) is 13.1 Å². The summed E-state index contributed by atoms with van der Waals surface area (Å²) in [6.07, 6.45) is 7.81. The van der Waals surface area contributed by atoms with E-state index in [1.807, 2.05) is 18.5 Å². The van der Waals surface area contributed by atoms with Crippen LogP contribution in [0.1, 0.15) is 31.2 Å². The van der Waals surface area contributed by atoms with Gasteiger partial charge >= 0.3 is 5.97 Å². The molecule has 1 saturated heterocycles. The van der Waals surface area contributed by atoms with Crippen LogP contribution in [0.4, 0.5) is 0 Å². The van der Waals surface area contributed by atoms with Crippen LogP contribution in [0.5, 0.6) is 0 Å². The highest BCUT2D eigenvalue weighted by Crippen LogP contribution is 2.52. The number of hydrogen-bond acceptors (Lipinski definition) is 3. The number of aliphatic carboxylic acids is 1. The number of hydrogen-bond donors (Lipinski definition) is 1. The van der Waals surface area contributed by atoms with E-state index in [-0.39, 0.29) is 5.92 Å². The maximum absolute atomic E-state index is 11.0. The molecule has 2 heterocycles. The predicted molar refractivity (Wildman–Crippen MR) is 89.0 cm³/mol. The van der Waals surface area contributed by atoms with Crippen molar-refractivity contribution in [1.29, 1.82) is 0 Å². The Bertz CT molecular complexity index is 727. The van der Waals surface area contributed by atoms with Crippen molar-refractivity contribution in [2.45, 2.75) is 32.2 Å². The number of benzene rings is 1. The van der Waals surface area contributed by atoms with Gasteiger partial charge in [0, 0.05) is 24.3 Å². The largest absolute Gasteiger partial charge is 0.481 e. The van der Waals surface area contributed by atoms with Gasteiger partial charge in [0.05, 0.1) is 5.92 Å². The predicted octanol–water partition coefficient (Wildman–Crippen LogP) is 3.31. The fourth-order valence-electron chi connectivity index (χ4n) is 4.24. The van der Waals surface area contributed by atoms with E-state index in [2.05, 4.69) is 28.1 Å². The third-order valence-corrected chi connectivity index (χ3v) is 5.74. The second kappa shape index (κ2) is 5.60. The number of pyridine rings is 1. The van der Waals surface area contributed by atoms with Crippen LogP contribution in [0.25, 0.3) is 10.8 Å². The summed E-state index contributed by atoms with van der Waals surface area (Å²) >= 11 is 0. The molecule has 23 heavy (non-hydrogen) atoms. The lowest BCUT2D eigenvalue weighted by atomic mass is 9.57. The zero-order valence-electron chi connectivity index (χ0n) is 13.2. The van der Waals surface area contributed by atoms with E-state index in [1.54, 1.807) is 0 Å². The molecule has 2 aromatic rings. The highest BCUT2D eigenvalue weighted by atomic mass is 16.4. The number of carboxylic acids is 1. The molecular formula is C19H22N2O2. The SMILES string of the molecule is O=C(O)C1CC2(CCN(Cc3ccc4ccncc4c3)CC2)C1. The zero-order chi connectivity index (χ0) is 15.9. The highest BCUT2D eigenvalue weighted by molar-refractivity contribution is 5.81. The van der Waals surface area contributed by atoms with E-state index < -0.39 is 5.97 Å². The zero-order valence-corrected chi connectivity index (χ0v) is 13.2. The third-order valence-electron chi connectivity index (χ3n) is 5.74. The van der Waals surface area contributed by atoms with Crippen molar-refractivity contribution in [3.05, 3.63) is 42.2 Å². The molecule has 120 valence electrons. The summed E-state index contributed by atoms with van der Waals surface area (Å²) in [5, 5.41) is 11.5. The van der Waals surface area contributed by atoms with E-state index in [0.717, 1.165) is 45.3 Å². The quantitative estimate of drug-likeness (QED) is 0.945. The molecule has 2 fully saturated rings. The molecule has 1 saturated carbocycles.